The summed E-state index contributed by atoms with van der Waals surface area (Å²) in [5.74, 6) is 0.948. The van der Waals surface area contributed by atoms with Crippen LogP contribution in [0, 0.1) is 6.92 Å². The first kappa shape index (κ1) is 6.81. The minimum absolute atomic E-state index is 0.918. The number of alkyl halides is 1. The average Bonchev–Trinajstić information content (AvgIpc) is 2.17. The number of nitrogens with zero attached hydrogens (tertiary/aromatic N) is 1. The number of aryl methyl sites for hydroxylation is 2. The van der Waals surface area contributed by atoms with Gasteiger partial charge in [0.2, 0.25) is 0 Å². The fourth-order valence-electron chi connectivity index (χ4n) is 0.627. The molecule has 1 heterocycles. The Balaban J connectivity index is 2.61. The maximum atomic E-state index is 4.92. The molecule has 0 aliphatic heterocycles. The van der Waals surface area contributed by atoms with Gasteiger partial charge in [-0.3, -0.25) is 0 Å². The normalized spacial score (nSPS) is 10.0. The number of hydrogen-bond donors (Lipinski definition) is 0. The summed E-state index contributed by atoms with van der Waals surface area (Å²) in [6.45, 7) is 1.92. The number of halogens is 1. The Morgan fingerprint density at radius 1 is 1.78 bits per heavy atom. The molecule has 2 nitrogen and oxygen atoms in total. The third kappa shape index (κ3) is 1.82. The third-order valence-electron chi connectivity index (χ3n) is 1.02. The smallest absolute Gasteiger partial charge is 0.137 e. The summed E-state index contributed by atoms with van der Waals surface area (Å²) in [4.78, 5) is 0. The van der Waals surface area contributed by atoms with Crippen molar-refractivity contribution >= 4 is 15.9 Å². The molecule has 0 spiro atoms. The molecular formula is C6H8BrNO. The first-order valence-corrected chi connectivity index (χ1v) is 3.93. The lowest BCUT2D eigenvalue weighted by molar-refractivity contribution is 0.384. The Morgan fingerprint density at radius 3 is 3.00 bits per heavy atom. The van der Waals surface area contributed by atoms with E-state index in [1.165, 1.54) is 0 Å². The van der Waals surface area contributed by atoms with Crippen LogP contribution in [0.5, 0.6) is 0 Å². The van der Waals surface area contributed by atoms with Gasteiger partial charge in [-0.1, -0.05) is 21.1 Å². The van der Waals surface area contributed by atoms with Gasteiger partial charge >= 0.3 is 0 Å². The van der Waals surface area contributed by atoms with E-state index < -0.39 is 0 Å². The van der Waals surface area contributed by atoms with Crippen LogP contribution < -0.4 is 0 Å². The SMILES string of the molecule is Cc1cc(CCBr)on1. The highest BCUT2D eigenvalue weighted by Crippen LogP contribution is 2.03. The fraction of sp³-hybridized carbons (Fsp3) is 0.500. The van der Waals surface area contributed by atoms with Crippen LogP contribution in [-0.4, -0.2) is 10.5 Å². The van der Waals surface area contributed by atoms with Crippen molar-refractivity contribution in [2.45, 2.75) is 13.3 Å². The second kappa shape index (κ2) is 3.01. The maximum absolute atomic E-state index is 4.92. The fourth-order valence-corrected chi connectivity index (χ4v) is 1.02. The summed E-state index contributed by atoms with van der Waals surface area (Å²) in [7, 11) is 0. The van der Waals surface area contributed by atoms with E-state index in [2.05, 4.69) is 21.1 Å². The lowest BCUT2D eigenvalue weighted by Gasteiger charge is -1.82. The summed E-state index contributed by atoms with van der Waals surface area (Å²) in [6.07, 6.45) is 0.918. The van der Waals surface area contributed by atoms with Crippen molar-refractivity contribution in [3.63, 3.8) is 0 Å². The standard InChI is InChI=1S/C6H8BrNO/c1-5-4-6(2-3-7)9-8-5/h4H,2-3H2,1H3. The van der Waals surface area contributed by atoms with Gasteiger partial charge in [0.1, 0.15) is 5.76 Å². The Hall–Kier alpha value is -0.310. The van der Waals surface area contributed by atoms with Gasteiger partial charge in [0.05, 0.1) is 5.69 Å². The molecule has 50 valence electrons. The van der Waals surface area contributed by atoms with E-state index in [4.69, 9.17) is 4.52 Å². The van der Waals surface area contributed by atoms with Gasteiger partial charge in [0.15, 0.2) is 0 Å². The second-order valence-electron chi connectivity index (χ2n) is 1.87. The second-order valence-corrected chi connectivity index (χ2v) is 2.67. The van der Waals surface area contributed by atoms with Crippen LogP contribution in [0.1, 0.15) is 11.5 Å². The zero-order chi connectivity index (χ0) is 6.69. The van der Waals surface area contributed by atoms with Crippen LogP contribution in [-0.2, 0) is 6.42 Å². The molecule has 0 saturated carbocycles. The van der Waals surface area contributed by atoms with Crippen molar-refractivity contribution in [2.75, 3.05) is 5.33 Å². The lowest BCUT2D eigenvalue weighted by atomic mass is 10.3. The summed E-state index contributed by atoms with van der Waals surface area (Å²) in [6, 6.07) is 1.95. The molecule has 0 N–H and O–H groups in total. The molecule has 9 heavy (non-hydrogen) atoms. The average molecular weight is 190 g/mol. The van der Waals surface area contributed by atoms with Crippen molar-refractivity contribution in [3.05, 3.63) is 17.5 Å². The highest BCUT2D eigenvalue weighted by Gasteiger charge is 1.96. The molecule has 0 fully saturated rings. The lowest BCUT2D eigenvalue weighted by Crippen LogP contribution is -1.78. The first-order chi connectivity index (χ1) is 4.33. The molecule has 0 aliphatic carbocycles. The predicted molar refractivity (Wildman–Crippen MR) is 38.7 cm³/mol. The van der Waals surface area contributed by atoms with Gasteiger partial charge < -0.3 is 4.52 Å². The molecule has 1 aromatic rings. The predicted octanol–water partition coefficient (Wildman–Crippen LogP) is 1.92. The van der Waals surface area contributed by atoms with Crippen LogP contribution >= 0.6 is 15.9 Å². The van der Waals surface area contributed by atoms with Crippen LogP contribution in [0.3, 0.4) is 0 Å². The van der Waals surface area contributed by atoms with Gasteiger partial charge in [-0.15, -0.1) is 0 Å². The monoisotopic (exact) mass is 189 g/mol. The zero-order valence-corrected chi connectivity index (χ0v) is 6.81. The van der Waals surface area contributed by atoms with Crippen LogP contribution in [0.4, 0.5) is 0 Å². The molecular weight excluding hydrogens is 182 g/mol. The minimum Gasteiger partial charge on any atom is -0.361 e. The van der Waals surface area contributed by atoms with E-state index in [-0.39, 0.29) is 0 Å². The first-order valence-electron chi connectivity index (χ1n) is 2.81. The van der Waals surface area contributed by atoms with Crippen LogP contribution in [0.2, 0.25) is 0 Å². The minimum atomic E-state index is 0.918. The van der Waals surface area contributed by atoms with Gasteiger partial charge in [-0.05, 0) is 6.92 Å². The van der Waals surface area contributed by atoms with E-state index >= 15 is 0 Å². The molecule has 0 aromatic carbocycles. The molecule has 0 unspecified atom stereocenters. The largest absolute Gasteiger partial charge is 0.361 e. The molecule has 0 radical (unpaired) electrons. The topological polar surface area (TPSA) is 26.0 Å². The van der Waals surface area contributed by atoms with E-state index in [0.717, 1.165) is 23.2 Å². The summed E-state index contributed by atoms with van der Waals surface area (Å²) >= 11 is 3.31. The summed E-state index contributed by atoms with van der Waals surface area (Å²) in [5.41, 5.74) is 0.950. The van der Waals surface area contributed by atoms with E-state index in [1.54, 1.807) is 0 Å². The summed E-state index contributed by atoms with van der Waals surface area (Å²) < 4.78 is 4.92. The number of aromatic nitrogens is 1. The van der Waals surface area contributed by atoms with Crippen molar-refractivity contribution in [2.24, 2.45) is 0 Å². The molecule has 0 aliphatic rings. The Morgan fingerprint density at radius 2 is 2.56 bits per heavy atom. The third-order valence-corrected chi connectivity index (χ3v) is 1.41. The van der Waals surface area contributed by atoms with Crippen molar-refractivity contribution < 1.29 is 4.52 Å². The molecule has 0 amide bonds. The molecule has 1 aromatic heterocycles. The van der Waals surface area contributed by atoms with Crippen molar-refractivity contribution in [1.29, 1.82) is 0 Å². The van der Waals surface area contributed by atoms with Crippen molar-refractivity contribution in [1.82, 2.24) is 5.16 Å². The number of rotatable bonds is 2. The number of hydrogen-bond acceptors (Lipinski definition) is 2. The maximum Gasteiger partial charge on any atom is 0.137 e. The molecule has 0 saturated heterocycles. The highest BCUT2D eigenvalue weighted by atomic mass is 79.9. The molecule has 0 bridgehead atoms. The van der Waals surface area contributed by atoms with Crippen LogP contribution in [0.25, 0.3) is 0 Å². The Labute approximate surface area is 62.4 Å². The van der Waals surface area contributed by atoms with E-state index in [9.17, 15) is 0 Å². The zero-order valence-electron chi connectivity index (χ0n) is 5.22. The van der Waals surface area contributed by atoms with Gasteiger partial charge in [0.25, 0.3) is 0 Å². The molecule has 1 rings (SSSR count). The Bertz CT molecular complexity index is 185. The Kier molecular flexibility index (Phi) is 2.28. The van der Waals surface area contributed by atoms with Crippen molar-refractivity contribution in [3.8, 4) is 0 Å². The van der Waals surface area contributed by atoms with Gasteiger partial charge in [-0.25, -0.2) is 0 Å². The molecule has 0 atom stereocenters. The quantitative estimate of drug-likeness (QED) is 0.665. The van der Waals surface area contributed by atoms with Gasteiger partial charge in [0, 0.05) is 17.8 Å². The van der Waals surface area contributed by atoms with Gasteiger partial charge in [-0.2, -0.15) is 0 Å². The van der Waals surface area contributed by atoms with E-state index in [1.807, 2.05) is 13.0 Å². The highest BCUT2D eigenvalue weighted by molar-refractivity contribution is 9.09. The van der Waals surface area contributed by atoms with Crippen LogP contribution in [0.15, 0.2) is 10.6 Å². The van der Waals surface area contributed by atoms with E-state index in [0.29, 0.717) is 0 Å². The molecule has 3 heteroatoms. The summed E-state index contributed by atoms with van der Waals surface area (Å²) in [5, 5.41) is 4.67.